The van der Waals surface area contributed by atoms with Crippen molar-refractivity contribution < 1.29 is 14.3 Å². The minimum atomic E-state index is -0.158. The average molecular weight is 355 g/mol. The maximum absolute atomic E-state index is 12.4. The van der Waals surface area contributed by atoms with E-state index in [2.05, 4.69) is 14.9 Å². The second-order valence-electron chi connectivity index (χ2n) is 6.55. The Hall–Kier alpha value is -2.63. The van der Waals surface area contributed by atoms with Crippen LogP contribution < -0.4 is 10.1 Å². The Morgan fingerprint density at radius 2 is 2.12 bits per heavy atom. The zero-order valence-corrected chi connectivity index (χ0v) is 15.4. The molecule has 0 unspecified atom stereocenters. The fraction of sp³-hybridized carbons (Fsp3) is 0.450. The lowest BCUT2D eigenvalue weighted by molar-refractivity contribution is -0.116. The molecular formula is C20H25N3O3. The number of imidazole rings is 1. The van der Waals surface area contributed by atoms with Crippen LogP contribution >= 0.6 is 0 Å². The number of fused-ring (bicyclic) bond motifs is 1. The molecule has 0 aliphatic carbocycles. The molecule has 138 valence electrons. The van der Waals surface area contributed by atoms with Crippen molar-refractivity contribution in [2.45, 2.75) is 52.5 Å². The average Bonchev–Trinajstić information content (AvgIpc) is 3.04. The maximum Gasteiger partial charge on any atom is 0.225 e. The van der Waals surface area contributed by atoms with Gasteiger partial charge in [0.25, 0.3) is 0 Å². The molecule has 1 aromatic heterocycles. The molecule has 2 heterocycles. The van der Waals surface area contributed by atoms with Crippen LogP contribution in [0.5, 0.6) is 5.75 Å². The molecule has 26 heavy (non-hydrogen) atoms. The molecule has 1 aromatic carbocycles. The van der Waals surface area contributed by atoms with E-state index in [0.717, 1.165) is 48.8 Å². The summed E-state index contributed by atoms with van der Waals surface area (Å²) >= 11 is 0. The summed E-state index contributed by atoms with van der Waals surface area (Å²) in [5, 5.41) is 2.88. The van der Waals surface area contributed by atoms with Crippen LogP contribution in [0, 0.1) is 6.92 Å². The zero-order chi connectivity index (χ0) is 18.5. The van der Waals surface area contributed by atoms with Gasteiger partial charge in [-0.25, -0.2) is 4.98 Å². The summed E-state index contributed by atoms with van der Waals surface area (Å²) in [4.78, 5) is 28.9. The van der Waals surface area contributed by atoms with Crippen molar-refractivity contribution in [2.24, 2.45) is 0 Å². The summed E-state index contributed by atoms with van der Waals surface area (Å²) in [6.45, 7) is 5.31. The number of ketones is 1. The van der Waals surface area contributed by atoms with E-state index in [9.17, 15) is 9.59 Å². The molecule has 6 nitrogen and oxygen atoms in total. The van der Waals surface area contributed by atoms with E-state index in [-0.39, 0.29) is 24.5 Å². The molecule has 0 atom stereocenters. The van der Waals surface area contributed by atoms with Crippen molar-refractivity contribution in [2.75, 3.05) is 11.9 Å². The molecule has 0 saturated heterocycles. The van der Waals surface area contributed by atoms with E-state index in [1.54, 1.807) is 12.3 Å². The minimum Gasteiger partial charge on any atom is -0.494 e. The molecule has 0 bridgehead atoms. The number of rotatable bonds is 7. The van der Waals surface area contributed by atoms with E-state index in [0.29, 0.717) is 12.2 Å². The van der Waals surface area contributed by atoms with Gasteiger partial charge >= 0.3 is 0 Å². The normalized spacial score (nSPS) is 13.2. The predicted octanol–water partition coefficient (Wildman–Crippen LogP) is 3.53. The number of aryl methyl sites for hydroxylation is 2. The van der Waals surface area contributed by atoms with E-state index >= 15 is 0 Å². The zero-order valence-electron chi connectivity index (χ0n) is 15.4. The van der Waals surface area contributed by atoms with Crippen molar-refractivity contribution >= 4 is 17.5 Å². The molecule has 2 aromatic rings. The van der Waals surface area contributed by atoms with E-state index in [1.807, 2.05) is 26.0 Å². The lowest BCUT2D eigenvalue weighted by atomic mass is 10.0. The number of hydrogen-bond acceptors (Lipinski definition) is 4. The first-order valence-corrected chi connectivity index (χ1v) is 9.19. The number of anilines is 1. The number of aromatic nitrogens is 2. The minimum absolute atomic E-state index is 0.0402. The third-order valence-corrected chi connectivity index (χ3v) is 4.61. The molecule has 6 heteroatoms. The highest BCUT2D eigenvalue weighted by Crippen LogP contribution is 2.21. The fourth-order valence-electron chi connectivity index (χ4n) is 3.23. The number of carbonyl (C=O) groups is 2. The number of nitrogens with one attached hydrogen (secondary N) is 1. The molecule has 0 saturated carbocycles. The van der Waals surface area contributed by atoms with Crippen LogP contribution in [0.3, 0.4) is 0 Å². The van der Waals surface area contributed by atoms with Gasteiger partial charge in [0.2, 0.25) is 5.91 Å². The lowest BCUT2D eigenvalue weighted by Gasteiger charge is -2.16. The van der Waals surface area contributed by atoms with Crippen LogP contribution in [0.2, 0.25) is 0 Å². The van der Waals surface area contributed by atoms with Crippen LogP contribution in [-0.4, -0.2) is 27.8 Å². The third kappa shape index (κ3) is 4.12. The van der Waals surface area contributed by atoms with Gasteiger partial charge in [0, 0.05) is 31.4 Å². The summed E-state index contributed by atoms with van der Waals surface area (Å²) in [7, 11) is 0. The topological polar surface area (TPSA) is 73.2 Å². The highest BCUT2D eigenvalue weighted by molar-refractivity contribution is 6.00. The number of carbonyl (C=O) groups excluding carboxylic acids is 2. The Balaban J connectivity index is 1.55. The monoisotopic (exact) mass is 355 g/mol. The summed E-state index contributed by atoms with van der Waals surface area (Å²) in [5.74, 6) is 2.34. The van der Waals surface area contributed by atoms with Crippen LogP contribution in [0.25, 0.3) is 0 Å². The molecule has 1 aliphatic heterocycles. The fourth-order valence-corrected chi connectivity index (χ4v) is 3.23. The quantitative estimate of drug-likeness (QED) is 0.771. The summed E-state index contributed by atoms with van der Waals surface area (Å²) < 4.78 is 7.54. The molecule has 1 amide bonds. The van der Waals surface area contributed by atoms with Crippen LogP contribution in [0.4, 0.5) is 5.82 Å². The van der Waals surface area contributed by atoms with Crippen molar-refractivity contribution in [1.29, 1.82) is 0 Å². The Bertz CT molecular complexity index is 811. The lowest BCUT2D eigenvalue weighted by Crippen LogP contribution is -2.18. The predicted molar refractivity (Wildman–Crippen MR) is 99.7 cm³/mol. The molecule has 3 rings (SSSR count). The van der Waals surface area contributed by atoms with Gasteiger partial charge in [0.1, 0.15) is 17.4 Å². The van der Waals surface area contributed by atoms with Gasteiger partial charge < -0.3 is 14.6 Å². The molecular weight excluding hydrogens is 330 g/mol. The standard InChI is InChI=1S/C20H25N3O3/c1-3-26-17-9-7-15(12-14(17)2)16(24)8-10-20(25)22-19-13-21-18-6-4-5-11-23(18)19/h7,9,12-13H,3-6,8,10-11H2,1-2H3,(H,22,25). The van der Waals surface area contributed by atoms with Gasteiger partial charge in [-0.05, 0) is 50.5 Å². The molecule has 0 fully saturated rings. The summed E-state index contributed by atoms with van der Waals surface area (Å²) in [6, 6.07) is 5.38. The second-order valence-corrected chi connectivity index (χ2v) is 6.55. The molecule has 0 spiro atoms. The van der Waals surface area contributed by atoms with Gasteiger partial charge in [-0.2, -0.15) is 0 Å². The van der Waals surface area contributed by atoms with Crippen molar-refractivity contribution in [3.8, 4) is 5.75 Å². The Kier molecular flexibility index (Phi) is 5.71. The third-order valence-electron chi connectivity index (χ3n) is 4.61. The number of amides is 1. The highest BCUT2D eigenvalue weighted by Gasteiger charge is 2.16. The Morgan fingerprint density at radius 1 is 1.27 bits per heavy atom. The van der Waals surface area contributed by atoms with Gasteiger partial charge in [0.05, 0.1) is 12.8 Å². The van der Waals surface area contributed by atoms with Crippen molar-refractivity contribution in [3.63, 3.8) is 0 Å². The van der Waals surface area contributed by atoms with Gasteiger partial charge in [-0.3, -0.25) is 9.59 Å². The molecule has 0 radical (unpaired) electrons. The number of hydrogen-bond donors (Lipinski definition) is 1. The van der Waals surface area contributed by atoms with Gasteiger partial charge in [0.15, 0.2) is 5.78 Å². The van der Waals surface area contributed by atoms with Crippen LogP contribution in [0.15, 0.2) is 24.4 Å². The van der Waals surface area contributed by atoms with Gasteiger partial charge in [-0.1, -0.05) is 0 Å². The summed E-state index contributed by atoms with van der Waals surface area (Å²) in [5.41, 5.74) is 1.54. The summed E-state index contributed by atoms with van der Waals surface area (Å²) in [6.07, 6.45) is 5.23. The Labute approximate surface area is 153 Å². The van der Waals surface area contributed by atoms with Crippen molar-refractivity contribution in [1.82, 2.24) is 9.55 Å². The second kappa shape index (κ2) is 8.17. The van der Waals surface area contributed by atoms with Crippen LogP contribution in [0.1, 0.15) is 54.4 Å². The SMILES string of the molecule is CCOc1ccc(C(=O)CCC(=O)Nc2cnc3n2CCCC3)cc1C. The highest BCUT2D eigenvalue weighted by atomic mass is 16.5. The first-order valence-electron chi connectivity index (χ1n) is 9.19. The van der Waals surface area contributed by atoms with Crippen molar-refractivity contribution in [3.05, 3.63) is 41.3 Å². The van der Waals surface area contributed by atoms with Gasteiger partial charge in [-0.15, -0.1) is 0 Å². The van der Waals surface area contributed by atoms with E-state index < -0.39 is 0 Å². The van der Waals surface area contributed by atoms with E-state index in [4.69, 9.17) is 4.74 Å². The maximum atomic E-state index is 12.4. The molecule has 1 aliphatic rings. The first-order chi connectivity index (χ1) is 12.6. The number of benzene rings is 1. The largest absolute Gasteiger partial charge is 0.494 e. The first kappa shape index (κ1) is 18.2. The van der Waals surface area contributed by atoms with Crippen LogP contribution in [-0.2, 0) is 17.8 Å². The molecule has 1 N–H and O–H groups in total. The number of nitrogens with zero attached hydrogens (tertiary/aromatic N) is 2. The number of ether oxygens (including phenoxy) is 1. The smallest absolute Gasteiger partial charge is 0.225 e. The Morgan fingerprint density at radius 3 is 2.88 bits per heavy atom. The number of Topliss-reactive ketones (excluding diaryl/α,β-unsaturated/α-hetero) is 1. The van der Waals surface area contributed by atoms with E-state index in [1.165, 1.54) is 0 Å².